The molecule has 7 heteroatoms. The minimum Gasteiger partial charge on any atom is -0.457 e. The van der Waals surface area contributed by atoms with E-state index in [1.807, 2.05) is 25.1 Å². The topological polar surface area (TPSA) is 53.0 Å². The van der Waals surface area contributed by atoms with Gasteiger partial charge in [-0.15, -0.1) is 0 Å². The average molecular weight is 522 g/mol. The van der Waals surface area contributed by atoms with E-state index in [2.05, 4.69) is 36.1 Å². The summed E-state index contributed by atoms with van der Waals surface area (Å²) in [5.74, 6) is 0.555. The van der Waals surface area contributed by atoms with Gasteiger partial charge in [-0.1, -0.05) is 49.2 Å². The van der Waals surface area contributed by atoms with E-state index in [9.17, 15) is 9.90 Å². The van der Waals surface area contributed by atoms with Crippen molar-refractivity contribution < 1.29 is 14.6 Å². The quantitative estimate of drug-likeness (QED) is 0.417. The fourth-order valence-electron chi connectivity index (χ4n) is 6.18. The summed E-state index contributed by atoms with van der Waals surface area (Å²) >= 11 is 12.2. The number of fused-ring (bicyclic) bond motifs is 1. The van der Waals surface area contributed by atoms with Gasteiger partial charge in [-0.2, -0.15) is 0 Å². The van der Waals surface area contributed by atoms with Gasteiger partial charge in [-0.3, -0.25) is 9.69 Å². The smallest absolute Gasteiger partial charge is 0.303 e. The first-order valence-corrected chi connectivity index (χ1v) is 13.6. The first kappa shape index (κ1) is 26.9. The number of halogens is 2. The molecule has 0 amide bonds. The van der Waals surface area contributed by atoms with Crippen LogP contribution in [0.3, 0.4) is 0 Å². The molecule has 0 unspecified atom stereocenters. The van der Waals surface area contributed by atoms with E-state index in [0.717, 1.165) is 57.7 Å². The van der Waals surface area contributed by atoms with E-state index in [-0.39, 0.29) is 17.8 Å². The largest absolute Gasteiger partial charge is 0.457 e. The van der Waals surface area contributed by atoms with Crippen LogP contribution in [0.25, 0.3) is 0 Å². The van der Waals surface area contributed by atoms with Crippen molar-refractivity contribution in [1.82, 2.24) is 9.80 Å². The van der Waals surface area contributed by atoms with E-state index < -0.39 is 11.7 Å². The van der Waals surface area contributed by atoms with Crippen LogP contribution in [0.5, 0.6) is 0 Å². The third-order valence-corrected chi connectivity index (χ3v) is 9.03. The molecule has 2 fully saturated rings. The zero-order chi connectivity index (χ0) is 25.3. The van der Waals surface area contributed by atoms with Gasteiger partial charge in [0.15, 0.2) is 0 Å². The molecule has 0 bridgehead atoms. The Morgan fingerprint density at radius 2 is 1.89 bits per heavy atom. The lowest BCUT2D eigenvalue weighted by Gasteiger charge is -2.53. The summed E-state index contributed by atoms with van der Waals surface area (Å²) in [6.07, 6.45) is 6.94. The molecular formula is C28H38Cl2N2O3. The Bertz CT molecular complexity index is 946. The maximum absolute atomic E-state index is 11.7. The second-order valence-electron chi connectivity index (χ2n) is 10.8. The van der Waals surface area contributed by atoms with E-state index in [1.165, 1.54) is 12.5 Å². The molecule has 0 aromatic heterocycles. The van der Waals surface area contributed by atoms with E-state index in [0.29, 0.717) is 21.9 Å². The second kappa shape index (κ2) is 11.1. The molecule has 192 valence electrons. The van der Waals surface area contributed by atoms with Gasteiger partial charge < -0.3 is 14.7 Å². The molecule has 6 atom stereocenters. The zero-order valence-electron chi connectivity index (χ0n) is 21.3. The maximum atomic E-state index is 11.7. The molecule has 1 aliphatic heterocycles. The first-order valence-electron chi connectivity index (χ1n) is 12.8. The Morgan fingerprint density at radius 3 is 2.54 bits per heavy atom. The molecular weight excluding hydrogens is 483 g/mol. The lowest BCUT2D eigenvalue weighted by Crippen LogP contribution is -2.57. The van der Waals surface area contributed by atoms with Crippen LogP contribution in [-0.4, -0.2) is 65.3 Å². The standard InChI is InChI=1S/C28H38Cl2N2O3/c1-18-13-24-23(7-5-20(3)28(24,34)15-27(18)35-21(4)33)19(2)16-31-9-11-32(12-10-31)17-22-6-8-25(29)26(30)14-22/h6,8,13-14,19-20,23-24,27,34H,5,7,9-12,16-17H2,1-4H3/t19-,20-,23+,24-,27-,28-/m1/s1. The highest BCUT2D eigenvalue weighted by molar-refractivity contribution is 6.42. The van der Waals surface area contributed by atoms with Gasteiger partial charge in [0, 0.05) is 52.1 Å². The maximum Gasteiger partial charge on any atom is 0.303 e. The van der Waals surface area contributed by atoms with Gasteiger partial charge in [-0.25, -0.2) is 0 Å². The lowest BCUT2D eigenvalue weighted by molar-refractivity contribution is -0.148. The number of piperazine rings is 1. The van der Waals surface area contributed by atoms with Crippen LogP contribution in [0, 0.1) is 30.1 Å². The Kier molecular flexibility index (Phi) is 8.54. The van der Waals surface area contributed by atoms with Gasteiger partial charge in [0.05, 0.1) is 22.1 Å². The number of hydrogen-bond donors (Lipinski definition) is 1. The number of esters is 1. The molecule has 4 rings (SSSR count). The average Bonchev–Trinajstić information content (AvgIpc) is 2.79. The van der Waals surface area contributed by atoms with E-state index >= 15 is 0 Å². The molecule has 0 spiro atoms. The SMILES string of the molecule is CC(=O)O[C@@H]1[C][C@@]2(O)[C@H](C)CC[C@@H]([C@H](C)CN3CCN(Cc4ccc(Cl)c(Cl)c4)CC3)[C@H]2C=C1C. The van der Waals surface area contributed by atoms with Crippen LogP contribution in [0.1, 0.15) is 46.1 Å². The fourth-order valence-corrected chi connectivity index (χ4v) is 6.50. The number of benzene rings is 1. The number of hydrogen-bond acceptors (Lipinski definition) is 5. The molecule has 1 aromatic carbocycles. The number of rotatable bonds is 6. The summed E-state index contributed by atoms with van der Waals surface area (Å²) in [5, 5.41) is 12.9. The highest BCUT2D eigenvalue weighted by Gasteiger charge is 2.53. The number of nitrogens with zero attached hydrogens (tertiary/aromatic N) is 2. The summed E-state index contributed by atoms with van der Waals surface area (Å²) in [6.45, 7) is 13.8. The predicted octanol–water partition coefficient (Wildman–Crippen LogP) is 5.11. The molecule has 1 heterocycles. The zero-order valence-corrected chi connectivity index (χ0v) is 22.8. The molecule has 2 radical (unpaired) electrons. The van der Waals surface area contributed by atoms with Crippen molar-refractivity contribution in [3.05, 3.63) is 51.9 Å². The van der Waals surface area contributed by atoms with Crippen LogP contribution in [-0.2, 0) is 16.1 Å². The van der Waals surface area contributed by atoms with Crippen LogP contribution >= 0.6 is 23.2 Å². The van der Waals surface area contributed by atoms with Gasteiger partial charge in [0.25, 0.3) is 0 Å². The number of aliphatic hydroxyl groups is 1. The van der Waals surface area contributed by atoms with Crippen molar-refractivity contribution in [3.63, 3.8) is 0 Å². The minimum absolute atomic E-state index is 0.00370. The third-order valence-electron chi connectivity index (χ3n) is 8.29. The summed E-state index contributed by atoms with van der Waals surface area (Å²) in [4.78, 5) is 16.6. The molecule has 5 nitrogen and oxygen atoms in total. The Balaban J connectivity index is 1.35. The van der Waals surface area contributed by atoms with Crippen LogP contribution in [0.15, 0.2) is 29.8 Å². The first-order chi connectivity index (χ1) is 16.6. The van der Waals surface area contributed by atoms with Crippen LogP contribution < -0.4 is 0 Å². The number of carbonyl (C=O) groups is 1. The monoisotopic (exact) mass is 520 g/mol. The van der Waals surface area contributed by atoms with Gasteiger partial charge >= 0.3 is 5.97 Å². The van der Waals surface area contributed by atoms with E-state index in [4.69, 9.17) is 27.9 Å². The van der Waals surface area contributed by atoms with Crippen molar-refractivity contribution in [2.24, 2.45) is 23.7 Å². The normalized spacial score (nSPS) is 33.1. The summed E-state index contributed by atoms with van der Waals surface area (Å²) < 4.78 is 5.44. The highest BCUT2D eigenvalue weighted by atomic mass is 35.5. The van der Waals surface area contributed by atoms with Crippen LogP contribution in [0.2, 0.25) is 10.0 Å². The minimum atomic E-state index is -1.06. The molecule has 1 saturated carbocycles. The highest BCUT2D eigenvalue weighted by Crippen LogP contribution is 2.50. The molecule has 1 saturated heterocycles. The summed E-state index contributed by atoms with van der Waals surface area (Å²) in [6, 6.07) is 5.88. The lowest BCUT2D eigenvalue weighted by atomic mass is 9.57. The predicted molar refractivity (Wildman–Crippen MR) is 140 cm³/mol. The van der Waals surface area contributed by atoms with Crippen molar-refractivity contribution in [3.8, 4) is 0 Å². The molecule has 1 aromatic rings. The Morgan fingerprint density at radius 1 is 1.20 bits per heavy atom. The van der Waals surface area contributed by atoms with Gasteiger partial charge in [-0.05, 0) is 60.8 Å². The van der Waals surface area contributed by atoms with Crippen LogP contribution in [0.4, 0.5) is 0 Å². The van der Waals surface area contributed by atoms with Crippen molar-refractivity contribution in [2.45, 2.75) is 58.8 Å². The molecule has 1 N–H and O–H groups in total. The summed E-state index contributed by atoms with van der Waals surface area (Å²) in [7, 11) is 0. The Labute approximate surface area is 220 Å². The Hall–Kier alpha value is -1.11. The van der Waals surface area contributed by atoms with E-state index in [1.54, 1.807) is 0 Å². The van der Waals surface area contributed by atoms with Crippen molar-refractivity contribution in [1.29, 1.82) is 0 Å². The van der Waals surface area contributed by atoms with Crippen molar-refractivity contribution in [2.75, 3.05) is 32.7 Å². The van der Waals surface area contributed by atoms with Gasteiger partial charge in [0.1, 0.15) is 6.10 Å². The van der Waals surface area contributed by atoms with Crippen molar-refractivity contribution >= 4 is 29.2 Å². The number of ether oxygens (including phenoxy) is 1. The fraction of sp³-hybridized carbons (Fsp3) is 0.643. The molecule has 3 aliphatic rings. The third kappa shape index (κ3) is 6.07. The molecule has 35 heavy (non-hydrogen) atoms. The molecule has 2 aliphatic carbocycles. The van der Waals surface area contributed by atoms with Gasteiger partial charge in [0.2, 0.25) is 0 Å². The summed E-state index contributed by atoms with van der Waals surface area (Å²) in [5.41, 5.74) is 1.10. The number of carbonyl (C=O) groups excluding carboxylic acids is 1. The second-order valence-corrected chi connectivity index (χ2v) is 11.7.